The number of nitrogens with zero attached hydrogens (tertiary/aromatic N) is 1. The maximum atomic E-state index is 13.3. The number of amides is 1. The Balaban J connectivity index is 1.36. The van der Waals surface area contributed by atoms with Gasteiger partial charge in [0, 0.05) is 12.2 Å². The van der Waals surface area contributed by atoms with Crippen molar-refractivity contribution in [1.29, 1.82) is 0 Å². The first-order valence-electron chi connectivity index (χ1n) is 11.3. The van der Waals surface area contributed by atoms with Crippen molar-refractivity contribution in [2.75, 3.05) is 21.9 Å². The van der Waals surface area contributed by atoms with Crippen LogP contribution in [0.3, 0.4) is 0 Å². The fourth-order valence-electron chi connectivity index (χ4n) is 6.95. The molecule has 0 radical (unpaired) electrons. The number of nitrogens with one attached hydrogen (secondary N) is 1. The summed E-state index contributed by atoms with van der Waals surface area (Å²) in [7, 11) is -3.27. The zero-order chi connectivity index (χ0) is 20.2. The van der Waals surface area contributed by atoms with Crippen LogP contribution < -0.4 is 9.62 Å². The molecule has 1 heterocycles. The summed E-state index contributed by atoms with van der Waals surface area (Å²) < 4.78 is 26.8. The van der Waals surface area contributed by atoms with Gasteiger partial charge >= 0.3 is 0 Å². The SMILES string of the molecule is CCCS(=O)(=O)N1CCCc2cc(NC(=O)C34CC5CC(CC(C5)C3)C4)ccc21. The summed E-state index contributed by atoms with van der Waals surface area (Å²) in [6, 6.07) is 5.77. The molecular weight excluding hydrogens is 384 g/mol. The zero-order valence-electron chi connectivity index (χ0n) is 17.3. The number of sulfonamides is 1. The van der Waals surface area contributed by atoms with E-state index in [1.54, 1.807) is 4.31 Å². The summed E-state index contributed by atoms with van der Waals surface area (Å²) in [6.45, 7) is 2.44. The lowest BCUT2D eigenvalue weighted by molar-refractivity contribution is -0.140. The van der Waals surface area contributed by atoms with Gasteiger partial charge in [0.05, 0.1) is 16.9 Å². The lowest BCUT2D eigenvalue weighted by Gasteiger charge is -2.55. The molecule has 1 aromatic carbocycles. The average molecular weight is 417 g/mol. The Morgan fingerprint density at radius 2 is 1.79 bits per heavy atom. The molecule has 1 amide bonds. The highest BCUT2D eigenvalue weighted by Gasteiger charge is 2.54. The van der Waals surface area contributed by atoms with E-state index in [4.69, 9.17) is 0 Å². The quantitative estimate of drug-likeness (QED) is 0.777. The molecule has 4 bridgehead atoms. The molecule has 0 aromatic heterocycles. The molecule has 6 heteroatoms. The Kier molecular flexibility index (Phi) is 4.68. The first-order chi connectivity index (χ1) is 13.9. The molecule has 5 nitrogen and oxygen atoms in total. The fourth-order valence-corrected chi connectivity index (χ4v) is 8.57. The minimum absolute atomic E-state index is 0.166. The molecule has 1 N–H and O–H groups in total. The maximum absolute atomic E-state index is 13.3. The Hall–Kier alpha value is -1.56. The normalized spacial score (nSPS) is 32.9. The van der Waals surface area contributed by atoms with E-state index in [1.807, 2.05) is 25.1 Å². The molecule has 5 aliphatic rings. The lowest BCUT2D eigenvalue weighted by atomic mass is 9.49. The van der Waals surface area contributed by atoms with Crippen molar-refractivity contribution in [2.45, 2.75) is 64.7 Å². The van der Waals surface area contributed by atoms with Gasteiger partial charge in [0.25, 0.3) is 0 Å². The second kappa shape index (κ2) is 7.00. The molecule has 0 spiro atoms. The van der Waals surface area contributed by atoms with Crippen LogP contribution in [0.15, 0.2) is 18.2 Å². The lowest BCUT2D eigenvalue weighted by Crippen LogP contribution is -2.51. The third kappa shape index (κ3) is 3.37. The maximum Gasteiger partial charge on any atom is 0.235 e. The van der Waals surface area contributed by atoms with Gasteiger partial charge in [0.2, 0.25) is 15.9 Å². The molecule has 158 valence electrons. The number of carbonyl (C=O) groups excluding carboxylic acids is 1. The van der Waals surface area contributed by atoms with E-state index in [1.165, 1.54) is 19.3 Å². The van der Waals surface area contributed by atoms with Gasteiger partial charge in [-0.25, -0.2) is 8.42 Å². The number of carbonyl (C=O) groups is 1. The van der Waals surface area contributed by atoms with Crippen LogP contribution in [-0.2, 0) is 21.2 Å². The highest BCUT2D eigenvalue weighted by Crippen LogP contribution is 2.60. The van der Waals surface area contributed by atoms with Gasteiger partial charge in [-0.3, -0.25) is 9.10 Å². The molecule has 6 rings (SSSR count). The van der Waals surface area contributed by atoms with Crippen LogP contribution in [0.4, 0.5) is 11.4 Å². The molecule has 1 aromatic rings. The van der Waals surface area contributed by atoms with Crippen LogP contribution in [0.1, 0.15) is 63.9 Å². The minimum atomic E-state index is -3.27. The molecule has 1 aliphatic heterocycles. The second-order valence-corrected chi connectivity index (χ2v) is 12.0. The Bertz CT molecular complexity index is 889. The van der Waals surface area contributed by atoms with E-state index in [0.29, 0.717) is 13.0 Å². The Morgan fingerprint density at radius 1 is 1.14 bits per heavy atom. The summed E-state index contributed by atoms with van der Waals surface area (Å²) in [4.78, 5) is 13.3. The van der Waals surface area contributed by atoms with Crippen molar-refractivity contribution >= 4 is 27.3 Å². The third-order valence-electron chi connectivity index (χ3n) is 7.73. The number of aryl methyl sites for hydroxylation is 1. The van der Waals surface area contributed by atoms with Gasteiger partial charge in [-0.05, 0) is 99.3 Å². The third-order valence-corrected chi connectivity index (χ3v) is 9.71. The van der Waals surface area contributed by atoms with Crippen LogP contribution in [-0.4, -0.2) is 26.6 Å². The van der Waals surface area contributed by atoms with Gasteiger partial charge in [-0.1, -0.05) is 6.92 Å². The highest BCUT2D eigenvalue weighted by atomic mass is 32.2. The van der Waals surface area contributed by atoms with E-state index < -0.39 is 10.0 Å². The van der Waals surface area contributed by atoms with Gasteiger partial charge < -0.3 is 5.32 Å². The predicted octanol–water partition coefficient (Wildman–Crippen LogP) is 4.33. The van der Waals surface area contributed by atoms with Crippen molar-refractivity contribution in [2.24, 2.45) is 23.2 Å². The van der Waals surface area contributed by atoms with Crippen molar-refractivity contribution < 1.29 is 13.2 Å². The molecule has 4 fully saturated rings. The van der Waals surface area contributed by atoms with Crippen molar-refractivity contribution in [3.63, 3.8) is 0 Å². The molecular formula is C23H32N2O3S. The molecule has 4 aliphatic carbocycles. The first kappa shape index (κ1) is 19.4. The number of fused-ring (bicyclic) bond motifs is 1. The molecule has 29 heavy (non-hydrogen) atoms. The molecule has 0 unspecified atom stereocenters. The van der Waals surface area contributed by atoms with E-state index in [2.05, 4.69) is 5.32 Å². The van der Waals surface area contributed by atoms with Gasteiger partial charge in [-0.2, -0.15) is 0 Å². The van der Waals surface area contributed by atoms with E-state index in [9.17, 15) is 13.2 Å². The fraction of sp³-hybridized carbons (Fsp3) is 0.696. The summed E-state index contributed by atoms with van der Waals surface area (Å²) >= 11 is 0. The molecule has 0 atom stereocenters. The number of benzene rings is 1. The minimum Gasteiger partial charge on any atom is -0.326 e. The number of hydrogen-bond acceptors (Lipinski definition) is 3. The smallest absolute Gasteiger partial charge is 0.235 e. The number of hydrogen-bond donors (Lipinski definition) is 1. The summed E-state index contributed by atoms with van der Waals surface area (Å²) in [5, 5.41) is 3.22. The number of anilines is 2. The first-order valence-corrected chi connectivity index (χ1v) is 12.9. The van der Waals surface area contributed by atoms with E-state index in [0.717, 1.165) is 66.8 Å². The standard InChI is InChI=1S/C23H32N2O3S/c1-2-8-29(27,28)25-7-3-4-19-12-20(5-6-21(19)25)24-22(26)23-13-16-9-17(14-23)11-18(10-16)15-23/h5-6,12,16-18H,2-4,7-11,13-15H2,1H3,(H,24,26). The van der Waals surface area contributed by atoms with Gasteiger partial charge in [-0.15, -0.1) is 0 Å². The van der Waals surface area contributed by atoms with Crippen LogP contribution >= 0.6 is 0 Å². The predicted molar refractivity (Wildman–Crippen MR) is 115 cm³/mol. The van der Waals surface area contributed by atoms with Gasteiger partial charge in [0.1, 0.15) is 0 Å². The largest absolute Gasteiger partial charge is 0.326 e. The number of rotatable bonds is 5. The van der Waals surface area contributed by atoms with Crippen molar-refractivity contribution in [3.8, 4) is 0 Å². The average Bonchev–Trinajstić information content (AvgIpc) is 2.66. The molecule has 0 saturated heterocycles. The van der Waals surface area contributed by atoms with Crippen LogP contribution in [0.5, 0.6) is 0 Å². The van der Waals surface area contributed by atoms with Crippen LogP contribution in [0.2, 0.25) is 0 Å². The van der Waals surface area contributed by atoms with E-state index >= 15 is 0 Å². The Morgan fingerprint density at radius 3 is 2.41 bits per heavy atom. The summed E-state index contributed by atoms with van der Waals surface area (Å²) in [6.07, 6.45) is 9.44. The Labute approximate surface area is 174 Å². The summed E-state index contributed by atoms with van der Waals surface area (Å²) in [5.74, 6) is 2.60. The zero-order valence-corrected chi connectivity index (χ0v) is 18.1. The van der Waals surface area contributed by atoms with Gasteiger partial charge in [0.15, 0.2) is 0 Å². The summed E-state index contributed by atoms with van der Waals surface area (Å²) in [5.41, 5.74) is 2.47. The monoisotopic (exact) mass is 416 g/mol. The van der Waals surface area contributed by atoms with Crippen LogP contribution in [0.25, 0.3) is 0 Å². The second-order valence-electron chi connectivity index (χ2n) is 9.99. The van der Waals surface area contributed by atoms with Crippen molar-refractivity contribution in [1.82, 2.24) is 0 Å². The van der Waals surface area contributed by atoms with E-state index in [-0.39, 0.29) is 17.1 Å². The van der Waals surface area contributed by atoms with Crippen molar-refractivity contribution in [3.05, 3.63) is 23.8 Å². The highest BCUT2D eigenvalue weighted by molar-refractivity contribution is 7.92. The topological polar surface area (TPSA) is 66.5 Å². The molecule has 4 saturated carbocycles. The van der Waals surface area contributed by atoms with Crippen LogP contribution in [0, 0.1) is 23.2 Å².